The topological polar surface area (TPSA) is 38.5 Å². The first-order valence-electron chi connectivity index (χ1n) is 7.35. The number of morpholine rings is 1. The van der Waals surface area contributed by atoms with Crippen LogP contribution in [0.4, 0.5) is 0 Å². The number of nitrogens with two attached hydrogens (primary N) is 1. The van der Waals surface area contributed by atoms with Gasteiger partial charge >= 0.3 is 0 Å². The molecule has 1 heterocycles. The highest BCUT2D eigenvalue weighted by molar-refractivity contribution is 4.92. The molecule has 2 fully saturated rings. The maximum atomic E-state index is 6.02. The summed E-state index contributed by atoms with van der Waals surface area (Å²) in [5.41, 5.74) is 6.02. The van der Waals surface area contributed by atoms with Gasteiger partial charge in [0, 0.05) is 25.2 Å². The van der Waals surface area contributed by atoms with E-state index in [-0.39, 0.29) is 0 Å². The third-order valence-corrected chi connectivity index (χ3v) is 4.74. The zero-order chi connectivity index (χ0) is 12.3. The second-order valence-electron chi connectivity index (χ2n) is 5.69. The lowest BCUT2D eigenvalue weighted by Crippen LogP contribution is -2.59. The molecule has 0 spiro atoms. The molecule has 2 N–H and O–H groups in total. The van der Waals surface area contributed by atoms with Gasteiger partial charge in [-0.3, -0.25) is 4.90 Å². The van der Waals surface area contributed by atoms with E-state index >= 15 is 0 Å². The van der Waals surface area contributed by atoms with Gasteiger partial charge in [-0.05, 0) is 18.8 Å². The second kappa shape index (κ2) is 6.17. The summed E-state index contributed by atoms with van der Waals surface area (Å²) in [6.07, 6.45) is 6.95. The van der Waals surface area contributed by atoms with Gasteiger partial charge in [0.25, 0.3) is 0 Å². The molecule has 2 rings (SSSR count). The van der Waals surface area contributed by atoms with Crippen molar-refractivity contribution in [1.82, 2.24) is 4.90 Å². The van der Waals surface area contributed by atoms with E-state index in [0.29, 0.717) is 24.1 Å². The quantitative estimate of drug-likeness (QED) is 0.817. The Morgan fingerprint density at radius 2 is 2.12 bits per heavy atom. The van der Waals surface area contributed by atoms with E-state index < -0.39 is 0 Å². The molecule has 2 aliphatic rings. The smallest absolute Gasteiger partial charge is 0.0731 e. The third-order valence-electron chi connectivity index (χ3n) is 4.74. The number of hydrogen-bond acceptors (Lipinski definition) is 3. The van der Waals surface area contributed by atoms with Gasteiger partial charge in [0.1, 0.15) is 0 Å². The Kier molecular flexibility index (Phi) is 4.83. The molecule has 3 heteroatoms. The summed E-state index contributed by atoms with van der Waals surface area (Å²) >= 11 is 0. The van der Waals surface area contributed by atoms with Crippen LogP contribution in [0, 0.1) is 5.92 Å². The van der Waals surface area contributed by atoms with Crippen LogP contribution in [-0.2, 0) is 4.74 Å². The van der Waals surface area contributed by atoms with Crippen molar-refractivity contribution in [1.29, 1.82) is 0 Å². The normalized spacial score (nSPS) is 34.1. The van der Waals surface area contributed by atoms with E-state index in [1.165, 1.54) is 32.1 Å². The van der Waals surface area contributed by atoms with Crippen molar-refractivity contribution in [3.05, 3.63) is 0 Å². The molecule has 0 aromatic heterocycles. The predicted molar refractivity (Wildman–Crippen MR) is 71.0 cm³/mol. The van der Waals surface area contributed by atoms with Crippen molar-refractivity contribution in [3.63, 3.8) is 0 Å². The first-order valence-corrected chi connectivity index (χ1v) is 7.35. The minimum absolute atomic E-state index is 0.482. The molecular weight excluding hydrogens is 212 g/mol. The van der Waals surface area contributed by atoms with E-state index in [4.69, 9.17) is 10.5 Å². The van der Waals surface area contributed by atoms with Crippen LogP contribution in [0.3, 0.4) is 0 Å². The van der Waals surface area contributed by atoms with Crippen molar-refractivity contribution in [3.8, 4) is 0 Å². The summed E-state index contributed by atoms with van der Waals surface area (Å²) < 4.78 is 5.94. The Hall–Kier alpha value is -0.120. The minimum Gasteiger partial charge on any atom is -0.375 e. The molecule has 1 aliphatic heterocycles. The van der Waals surface area contributed by atoms with Crippen LogP contribution in [0.2, 0.25) is 0 Å². The highest BCUT2D eigenvalue weighted by Crippen LogP contribution is 2.31. The molecule has 1 saturated carbocycles. The van der Waals surface area contributed by atoms with Crippen molar-refractivity contribution in [2.45, 2.75) is 64.1 Å². The van der Waals surface area contributed by atoms with Gasteiger partial charge in [-0.15, -0.1) is 0 Å². The fraction of sp³-hybridized carbons (Fsp3) is 1.00. The van der Waals surface area contributed by atoms with Gasteiger partial charge in [0.2, 0.25) is 0 Å². The summed E-state index contributed by atoms with van der Waals surface area (Å²) in [7, 11) is 0. The van der Waals surface area contributed by atoms with Crippen LogP contribution in [-0.4, -0.2) is 42.8 Å². The standard InChI is InChI=1S/C14H28N2O/c1-3-11(2)13(10-15)16-8-9-17-14-7-5-4-6-12(14)16/h11-14H,3-10,15H2,1-2H3. The molecule has 0 aromatic rings. The molecule has 4 atom stereocenters. The van der Waals surface area contributed by atoms with Gasteiger partial charge in [-0.1, -0.05) is 33.1 Å². The first kappa shape index (κ1) is 13.3. The zero-order valence-electron chi connectivity index (χ0n) is 11.4. The summed E-state index contributed by atoms with van der Waals surface area (Å²) in [6.45, 7) is 7.37. The highest BCUT2D eigenvalue weighted by Gasteiger charge is 2.38. The molecular formula is C14H28N2O. The van der Waals surface area contributed by atoms with Crippen molar-refractivity contribution < 1.29 is 4.74 Å². The van der Waals surface area contributed by atoms with E-state index in [0.717, 1.165) is 19.7 Å². The molecule has 1 saturated heterocycles. The van der Waals surface area contributed by atoms with Gasteiger partial charge in [0.05, 0.1) is 12.7 Å². The summed E-state index contributed by atoms with van der Waals surface area (Å²) in [5, 5.41) is 0. The third kappa shape index (κ3) is 2.83. The van der Waals surface area contributed by atoms with Gasteiger partial charge in [-0.2, -0.15) is 0 Å². The second-order valence-corrected chi connectivity index (χ2v) is 5.69. The van der Waals surface area contributed by atoms with Gasteiger partial charge in [0.15, 0.2) is 0 Å². The van der Waals surface area contributed by atoms with E-state index in [2.05, 4.69) is 18.7 Å². The summed E-state index contributed by atoms with van der Waals surface area (Å²) in [5.74, 6) is 0.695. The minimum atomic E-state index is 0.482. The molecule has 1 aliphatic carbocycles. The number of nitrogens with zero attached hydrogens (tertiary/aromatic N) is 1. The Morgan fingerprint density at radius 1 is 1.35 bits per heavy atom. The molecule has 17 heavy (non-hydrogen) atoms. The van der Waals surface area contributed by atoms with Crippen LogP contribution >= 0.6 is 0 Å². The number of hydrogen-bond donors (Lipinski definition) is 1. The van der Waals surface area contributed by atoms with E-state index in [9.17, 15) is 0 Å². The molecule has 4 unspecified atom stereocenters. The lowest BCUT2D eigenvalue weighted by atomic mass is 9.87. The molecule has 0 bridgehead atoms. The van der Waals surface area contributed by atoms with Crippen molar-refractivity contribution in [2.75, 3.05) is 19.7 Å². The average Bonchev–Trinajstić information content (AvgIpc) is 2.39. The molecule has 0 aromatic carbocycles. The number of ether oxygens (including phenoxy) is 1. The van der Waals surface area contributed by atoms with E-state index in [1.807, 2.05) is 0 Å². The summed E-state index contributed by atoms with van der Waals surface area (Å²) in [4.78, 5) is 2.67. The fourth-order valence-corrected chi connectivity index (χ4v) is 3.50. The van der Waals surface area contributed by atoms with E-state index in [1.54, 1.807) is 0 Å². The highest BCUT2D eigenvalue weighted by atomic mass is 16.5. The Bertz CT molecular complexity index is 230. The summed E-state index contributed by atoms with van der Waals surface area (Å²) in [6, 6.07) is 1.19. The van der Waals surface area contributed by atoms with Crippen LogP contribution in [0.15, 0.2) is 0 Å². The Balaban J connectivity index is 2.06. The molecule has 100 valence electrons. The monoisotopic (exact) mass is 240 g/mol. The zero-order valence-corrected chi connectivity index (χ0v) is 11.4. The SMILES string of the molecule is CCC(C)C(CN)N1CCOC2CCCCC21. The molecule has 0 radical (unpaired) electrons. The van der Waals surface area contributed by atoms with Gasteiger partial charge in [-0.25, -0.2) is 0 Å². The lowest BCUT2D eigenvalue weighted by molar-refractivity contribution is -0.108. The predicted octanol–water partition coefficient (Wildman–Crippen LogP) is 2.00. The fourth-order valence-electron chi connectivity index (χ4n) is 3.50. The number of fused-ring (bicyclic) bond motifs is 1. The lowest BCUT2D eigenvalue weighted by Gasteiger charge is -2.48. The average molecular weight is 240 g/mol. The first-order chi connectivity index (χ1) is 8.27. The maximum Gasteiger partial charge on any atom is 0.0731 e. The van der Waals surface area contributed by atoms with Crippen LogP contribution in [0.1, 0.15) is 46.0 Å². The largest absolute Gasteiger partial charge is 0.375 e. The maximum absolute atomic E-state index is 6.02. The van der Waals surface area contributed by atoms with Crippen LogP contribution in [0.25, 0.3) is 0 Å². The molecule has 0 amide bonds. The number of rotatable bonds is 4. The Morgan fingerprint density at radius 3 is 2.82 bits per heavy atom. The van der Waals surface area contributed by atoms with Gasteiger partial charge < -0.3 is 10.5 Å². The van der Waals surface area contributed by atoms with Crippen molar-refractivity contribution in [2.24, 2.45) is 11.7 Å². The van der Waals surface area contributed by atoms with Crippen LogP contribution < -0.4 is 5.73 Å². The van der Waals surface area contributed by atoms with Crippen molar-refractivity contribution >= 4 is 0 Å². The van der Waals surface area contributed by atoms with Crippen LogP contribution in [0.5, 0.6) is 0 Å². The Labute approximate surface area is 106 Å². The molecule has 3 nitrogen and oxygen atoms in total.